The van der Waals surface area contributed by atoms with Gasteiger partial charge in [0, 0.05) is 12.1 Å². The maximum absolute atomic E-state index is 11.7. The van der Waals surface area contributed by atoms with Gasteiger partial charge in [-0.1, -0.05) is 6.92 Å². The summed E-state index contributed by atoms with van der Waals surface area (Å²) in [5.74, 6) is 0.245. The molecule has 2 rings (SSSR count). The van der Waals surface area contributed by atoms with Gasteiger partial charge in [-0.25, -0.2) is 0 Å². The third-order valence-corrected chi connectivity index (χ3v) is 2.41. The fourth-order valence-electron chi connectivity index (χ4n) is 1.56. The summed E-state index contributed by atoms with van der Waals surface area (Å²) in [6.07, 6.45) is 0.885. The molecule has 17 heavy (non-hydrogen) atoms. The number of nitrogens with one attached hydrogen (secondary N) is 2. The van der Waals surface area contributed by atoms with E-state index >= 15 is 0 Å². The van der Waals surface area contributed by atoms with Crippen molar-refractivity contribution in [2.75, 3.05) is 18.5 Å². The molecule has 1 aromatic rings. The van der Waals surface area contributed by atoms with Gasteiger partial charge in [0.05, 0.1) is 5.69 Å². The molecule has 0 spiro atoms. The number of anilines is 1. The van der Waals surface area contributed by atoms with E-state index in [4.69, 9.17) is 4.74 Å². The molecule has 2 amide bonds. The molecular formula is C12H14N2O3. The minimum absolute atomic E-state index is 0.0222. The number of rotatable bonds is 3. The second-order valence-corrected chi connectivity index (χ2v) is 3.80. The van der Waals surface area contributed by atoms with Crippen LogP contribution in [-0.4, -0.2) is 25.0 Å². The molecule has 0 aromatic heterocycles. The first kappa shape index (κ1) is 11.4. The lowest BCUT2D eigenvalue weighted by molar-refractivity contribution is -0.118. The lowest BCUT2D eigenvalue weighted by Gasteiger charge is -2.18. The van der Waals surface area contributed by atoms with Crippen LogP contribution in [-0.2, 0) is 4.79 Å². The number of carbonyl (C=O) groups is 2. The van der Waals surface area contributed by atoms with Crippen LogP contribution in [0.2, 0.25) is 0 Å². The van der Waals surface area contributed by atoms with E-state index < -0.39 is 0 Å². The largest absolute Gasteiger partial charge is 0.482 e. The Labute approximate surface area is 99.2 Å². The highest BCUT2D eigenvalue weighted by atomic mass is 16.5. The number of hydrogen-bond donors (Lipinski definition) is 2. The molecule has 1 aromatic carbocycles. The molecule has 0 fully saturated rings. The summed E-state index contributed by atoms with van der Waals surface area (Å²) >= 11 is 0. The van der Waals surface area contributed by atoms with Crippen molar-refractivity contribution in [1.82, 2.24) is 5.32 Å². The van der Waals surface area contributed by atoms with Gasteiger partial charge in [0.1, 0.15) is 5.75 Å². The van der Waals surface area contributed by atoms with Gasteiger partial charge in [0.15, 0.2) is 6.61 Å². The molecule has 5 nitrogen and oxygen atoms in total. The molecule has 0 unspecified atom stereocenters. The van der Waals surface area contributed by atoms with Crippen LogP contribution in [0.4, 0.5) is 5.69 Å². The summed E-state index contributed by atoms with van der Waals surface area (Å²) in [5.41, 5.74) is 1.06. The van der Waals surface area contributed by atoms with Crippen LogP contribution in [0.3, 0.4) is 0 Å². The van der Waals surface area contributed by atoms with Crippen LogP contribution in [0.1, 0.15) is 23.7 Å². The van der Waals surface area contributed by atoms with E-state index in [1.165, 1.54) is 0 Å². The smallest absolute Gasteiger partial charge is 0.262 e. The van der Waals surface area contributed by atoms with E-state index in [0.29, 0.717) is 23.5 Å². The topological polar surface area (TPSA) is 67.4 Å². The minimum Gasteiger partial charge on any atom is -0.482 e. The predicted octanol–water partition coefficient (Wildman–Crippen LogP) is 1.16. The average molecular weight is 234 g/mol. The quantitative estimate of drug-likeness (QED) is 0.824. The van der Waals surface area contributed by atoms with Crippen LogP contribution in [0.15, 0.2) is 18.2 Å². The number of benzene rings is 1. The molecule has 1 heterocycles. The Morgan fingerprint density at radius 2 is 2.35 bits per heavy atom. The van der Waals surface area contributed by atoms with Crippen molar-refractivity contribution in [3.05, 3.63) is 23.8 Å². The Bertz CT molecular complexity index is 457. The Hall–Kier alpha value is -2.04. The van der Waals surface area contributed by atoms with Gasteiger partial charge in [-0.15, -0.1) is 0 Å². The molecule has 5 heteroatoms. The van der Waals surface area contributed by atoms with Crippen LogP contribution in [0, 0.1) is 0 Å². The van der Waals surface area contributed by atoms with Crippen molar-refractivity contribution in [3.63, 3.8) is 0 Å². The first-order valence-electron chi connectivity index (χ1n) is 5.55. The molecule has 90 valence electrons. The monoisotopic (exact) mass is 234 g/mol. The fourth-order valence-corrected chi connectivity index (χ4v) is 1.56. The first-order valence-corrected chi connectivity index (χ1v) is 5.55. The second kappa shape index (κ2) is 4.86. The SMILES string of the molecule is CCCNC(=O)c1ccc2c(c1)NC(=O)CO2. The maximum atomic E-state index is 11.7. The van der Waals surface area contributed by atoms with Gasteiger partial charge >= 0.3 is 0 Å². The van der Waals surface area contributed by atoms with Crippen LogP contribution >= 0.6 is 0 Å². The third kappa shape index (κ3) is 2.55. The summed E-state index contributed by atoms with van der Waals surface area (Å²) in [4.78, 5) is 22.8. The van der Waals surface area contributed by atoms with E-state index in [0.717, 1.165) is 6.42 Å². The maximum Gasteiger partial charge on any atom is 0.262 e. The highest BCUT2D eigenvalue weighted by Gasteiger charge is 2.17. The standard InChI is InChI=1S/C12H14N2O3/c1-2-5-13-12(16)8-3-4-10-9(6-8)14-11(15)7-17-10/h3-4,6H,2,5,7H2,1H3,(H,13,16)(H,14,15). The van der Waals surface area contributed by atoms with Gasteiger partial charge in [-0.3, -0.25) is 9.59 Å². The van der Waals surface area contributed by atoms with Crippen molar-refractivity contribution in [3.8, 4) is 5.75 Å². The van der Waals surface area contributed by atoms with Gasteiger partial charge in [0.2, 0.25) is 0 Å². The van der Waals surface area contributed by atoms with Gasteiger partial charge in [0.25, 0.3) is 11.8 Å². The van der Waals surface area contributed by atoms with E-state index in [-0.39, 0.29) is 18.4 Å². The van der Waals surface area contributed by atoms with E-state index in [2.05, 4.69) is 10.6 Å². The van der Waals surface area contributed by atoms with Crippen LogP contribution in [0.5, 0.6) is 5.75 Å². The Morgan fingerprint density at radius 1 is 1.53 bits per heavy atom. The number of ether oxygens (including phenoxy) is 1. The van der Waals surface area contributed by atoms with E-state index in [1.54, 1.807) is 18.2 Å². The fraction of sp³-hybridized carbons (Fsp3) is 0.333. The molecule has 0 radical (unpaired) electrons. The summed E-state index contributed by atoms with van der Waals surface area (Å²) in [6.45, 7) is 2.65. The van der Waals surface area contributed by atoms with Crippen molar-refractivity contribution < 1.29 is 14.3 Å². The van der Waals surface area contributed by atoms with E-state index in [1.807, 2.05) is 6.92 Å². The van der Waals surface area contributed by atoms with E-state index in [9.17, 15) is 9.59 Å². The lowest BCUT2D eigenvalue weighted by Crippen LogP contribution is -2.27. The highest BCUT2D eigenvalue weighted by Crippen LogP contribution is 2.28. The molecule has 1 aliphatic heterocycles. The van der Waals surface area contributed by atoms with Crippen molar-refractivity contribution in [2.24, 2.45) is 0 Å². The number of hydrogen-bond acceptors (Lipinski definition) is 3. The van der Waals surface area contributed by atoms with Gasteiger partial charge < -0.3 is 15.4 Å². The zero-order valence-corrected chi connectivity index (χ0v) is 9.58. The Morgan fingerprint density at radius 3 is 3.12 bits per heavy atom. The van der Waals surface area contributed by atoms with Crippen molar-refractivity contribution in [1.29, 1.82) is 0 Å². The van der Waals surface area contributed by atoms with Crippen LogP contribution < -0.4 is 15.4 Å². The number of amides is 2. The molecule has 1 aliphatic rings. The number of fused-ring (bicyclic) bond motifs is 1. The molecule has 0 saturated carbocycles. The zero-order valence-electron chi connectivity index (χ0n) is 9.58. The molecular weight excluding hydrogens is 220 g/mol. The zero-order chi connectivity index (χ0) is 12.3. The molecule has 0 aliphatic carbocycles. The molecule has 0 atom stereocenters. The summed E-state index contributed by atoms with van der Waals surface area (Å²) < 4.78 is 5.21. The second-order valence-electron chi connectivity index (χ2n) is 3.80. The van der Waals surface area contributed by atoms with Crippen molar-refractivity contribution in [2.45, 2.75) is 13.3 Å². The Balaban J connectivity index is 2.18. The average Bonchev–Trinajstić information content (AvgIpc) is 2.35. The van der Waals surface area contributed by atoms with Crippen molar-refractivity contribution >= 4 is 17.5 Å². The summed E-state index contributed by atoms with van der Waals surface area (Å²) in [5, 5.41) is 5.44. The Kier molecular flexibility index (Phi) is 3.27. The normalized spacial score (nSPS) is 13.4. The summed E-state index contributed by atoms with van der Waals surface area (Å²) in [6, 6.07) is 4.99. The van der Waals surface area contributed by atoms with Gasteiger partial charge in [-0.2, -0.15) is 0 Å². The third-order valence-electron chi connectivity index (χ3n) is 2.41. The molecule has 2 N–H and O–H groups in total. The molecule has 0 saturated heterocycles. The highest BCUT2D eigenvalue weighted by molar-refractivity contribution is 5.99. The lowest BCUT2D eigenvalue weighted by atomic mass is 10.1. The van der Waals surface area contributed by atoms with Crippen LogP contribution in [0.25, 0.3) is 0 Å². The predicted molar refractivity (Wildman–Crippen MR) is 63.2 cm³/mol. The summed E-state index contributed by atoms with van der Waals surface area (Å²) in [7, 11) is 0. The van der Waals surface area contributed by atoms with Gasteiger partial charge in [-0.05, 0) is 24.6 Å². The number of carbonyl (C=O) groups excluding carboxylic acids is 2. The minimum atomic E-state index is -0.205. The first-order chi connectivity index (χ1) is 8.20. The molecule has 0 bridgehead atoms.